The quantitative estimate of drug-likeness (QED) is 0.866. The second-order valence-electron chi connectivity index (χ2n) is 8.08. The zero-order chi connectivity index (χ0) is 19.2. The monoisotopic (exact) mass is 369 g/mol. The highest BCUT2D eigenvalue weighted by atomic mass is 16.3. The third kappa shape index (κ3) is 3.17. The average Bonchev–Trinajstić information content (AvgIpc) is 2.98. The summed E-state index contributed by atoms with van der Waals surface area (Å²) < 4.78 is 1.95. The maximum absolute atomic E-state index is 12.9. The summed E-state index contributed by atoms with van der Waals surface area (Å²) in [4.78, 5) is 14.8. The summed E-state index contributed by atoms with van der Waals surface area (Å²) in [7, 11) is 0. The molecule has 2 N–H and O–H groups in total. The van der Waals surface area contributed by atoms with Crippen LogP contribution in [0, 0.1) is 19.3 Å². The van der Waals surface area contributed by atoms with Crippen LogP contribution in [0.1, 0.15) is 46.6 Å². The molecule has 0 radical (unpaired) electrons. The van der Waals surface area contributed by atoms with E-state index in [9.17, 15) is 15.0 Å². The number of hydrogen-bond acceptors (Lipinski definition) is 4. The van der Waals surface area contributed by atoms with E-state index >= 15 is 0 Å². The predicted molar refractivity (Wildman–Crippen MR) is 101 cm³/mol. The van der Waals surface area contributed by atoms with E-state index in [0.717, 1.165) is 17.0 Å². The fourth-order valence-corrected chi connectivity index (χ4v) is 4.53. The molecule has 2 aromatic rings. The molecule has 2 aliphatic rings. The largest absolute Gasteiger partial charge is 0.392 e. The number of hydrogen-bond donors (Lipinski definition) is 2. The van der Waals surface area contributed by atoms with E-state index < -0.39 is 17.6 Å². The molecule has 1 aromatic carbocycles. The maximum atomic E-state index is 12.9. The summed E-state index contributed by atoms with van der Waals surface area (Å²) in [5.41, 5.74) is 3.42. The van der Waals surface area contributed by atoms with Gasteiger partial charge in [-0.1, -0.05) is 12.1 Å². The van der Waals surface area contributed by atoms with Gasteiger partial charge in [-0.25, -0.2) is 0 Å². The van der Waals surface area contributed by atoms with Crippen LogP contribution in [-0.4, -0.2) is 56.1 Å². The molecule has 1 aliphatic heterocycles. The average molecular weight is 369 g/mol. The molecule has 27 heavy (non-hydrogen) atoms. The van der Waals surface area contributed by atoms with Crippen molar-refractivity contribution in [3.63, 3.8) is 0 Å². The first kappa shape index (κ1) is 18.2. The number of benzene rings is 1. The fraction of sp³-hybridized carbons (Fsp3) is 0.524. The van der Waals surface area contributed by atoms with Gasteiger partial charge in [0.15, 0.2) is 0 Å². The van der Waals surface area contributed by atoms with E-state index in [0.29, 0.717) is 44.5 Å². The highest BCUT2D eigenvalue weighted by molar-refractivity contribution is 5.94. The summed E-state index contributed by atoms with van der Waals surface area (Å²) in [5.74, 6) is 0.0170. The third-order valence-corrected chi connectivity index (χ3v) is 6.36. The molecule has 0 unspecified atom stereocenters. The lowest BCUT2D eigenvalue weighted by molar-refractivity contribution is -0.187. The minimum atomic E-state index is -0.436. The molecule has 144 valence electrons. The molecule has 1 aromatic heterocycles. The Morgan fingerprint density at radius 3 is 2.48 bits per heavy atom. The van der Waals surface area contributed by atoms with Crippen LogP contribution in [0.4, 0.5) is 0 Å². The topological polar surface area (TPSA) is 78.6 Å². The first-order valence-corrected chi connectivity index (χ1v) is 9.64. The summed E-state index contributed by atoms with van der Waals surface area (Å²) in [5, 5.41) is 24.6. The number of carbonyl (C=O) groups is 1. The Balaban J connectivity index is 1.44. The Morgan fingerprint density at radius 2 is 1.89 bits per heavy atom. The Hall–Kier alpha value is -2.18. The standard InChI is InChI=1S/C21H27N3O3/c1-14-10-15(2)24(22-14)13-16-4-3-5-17(11-16)20(27)23-8-6-21(7-9-23)18(25)12-19(21)26/h3-5,10-11,18-19,25-26H,6-9,12-13H2,1-2H3/t18-,19+. The molecule has 0 bridgehead atoms. The molecule has 1 saturated carbocycles. The molecule has 6 heteroatoms. The van der Waals surface area contributed by atoms with Crippen LogP contribution in [0.2, 0.25) is 0 Å². The van der Waals surface area contributed by atoms with Crippen molar-refractivity contribution in [1.29, 1.82) is 0 Å². The second-order valence-corrected chi connectivity index (χ2v) is 8.08. The Morgan fingerprint density at radius 1 is 1.19 bits per heavy atom. The summed E-state index contributed by atoms with van der Waals surface area (Å²) in [6.07, 6.45) is 0.907. The van der Waals surface area contributed by atoms with E-state index in [2.05, 4.69) is 5.10 Å². The van der Waals surface area contributed by atoms with Crippen LogP contribution in [0.3, 0.4) is 0 Å². The van der Waals surface area contributed by atoms with Crippen molar-refractivity contribution in [1.82, 2.24) is 14.7 Å². The van der Waals surface area contributed by atoms with Crippen molar-refractivity contribution < 1.29 is 15.0 Å². The van der Waals surface area contributed by atoms with Crippen molar-refractivity contribution in [3.05, 3.63) is 52.8 Å². The summed E-state index contributed by atoms with van der Waals surface area (Å²) in [6.45, 7) is 5.80. The number of rotatable bonds is 3. The molecule has 1 saturated heterocycles. The Labute approximate surface area is 159 Å². The number of piperidine rings is 1. The molecule has 2 fully saturated rings. The van der Waals surface area contributed by atoms with Gasteiger partial charge < -0.3 is 15.1 Å². The number of aryl methyl sites for hydroxylation is 2. The zero-order valence-electron chi connectivity index (χ0n) is 15.9. The van der Waals surface area contributed by atoms with Crippen LogP contribution in [0.25, 0.3) is 0 Å². The fourth-order valence-electron chi connectivity index (χ4n) is 4.53. The molecular formula is C21H27N3O3. The van der Waals surface area contributed by atoms with E-state index in [1.807, 2.05) is 53.8 Å². The van der Waals surface area contributed by atoms with Gasteiger partial charge in [0, 0.05) is 36.2 Å². The van der Waals surface area contributed by atoms with Gasteiger partial charge in [-0.05, 0) is 50.5 Å². The number of nitrogens with zero attached hydrogens (tertiary/aromatic N) is 3. The van der Waals surface area contributed by atoms with E-state index in [1.165, 1.54) is 0 Å². The van der Waals surface area contributed by atoms with Crippen molar-refractivity contribution in [2.24, 2.45) is 5.41 Å². The minimum absolute atomic E-state index is 0.0170. The molecule has 4 rings (SSSR count). The van der Waals surface area contributed by atoms with Gasteiger partial charge in [0.05, 0.1) is 24.4 Å². The van der Waals surface area contributed by atoms with Crippen molar-refractivity contribution in [2.75, 3.05) is 13.1 Å². The van der Waals surface area contributed by atoms with Crippen molar-refractivity contribution in [2.45, 2.75) is 51.9 Å². The number of likely N-dealkylation sites (tertiary alicyclic amines) is 1. The van der Waals surface area contributed by atoms with Gasteiger partial charge in [-0.3, -0.25) is 9.48 Å². The molecule has 1 aliphatic carbocycles. The lowest BCUT2D eigenvalue weighted by Crippen LogP contribution is -2.61. The van der Waals surface area contributed by atoms with Crippen molar-refractivity contribution in [3.8, 4) is 0 Å². The summed E-state index contributed by atoms with van der Waals surface area (Å²) in [6, 6.07) is 9.77. The third-order valence-electron chi connectivity index (χ3n) is 6.36. The van der Waals surface area contributed by atoms with E-state index in [4.69, 9.17) is 0 Å². The van der Waals surface area contributed by atoms with Gasteiger partial charge >= 0.3 is 0 Å². The van der Waals surface area contributed by atoms with Crippen LogP contribution in [0.15, 0.2) is 30.3 Å². The minimum Gasteiger partial charge on any atom is -0.392 e. The molecular weight excluding hydrogens is 342 g/mol. The lowest BCUT2D eigenvalue weighted by Gasteiger charge is -2.55. The van der Waals surface area contributed by atoms with E-state index in [1.54, 1.807) is 0 Å². The van der Waals surface area contributed by atoms with Gasteiger partial charge in [0.25, 0.3) is 5.91 Å². The smallest absolute Gasteiger partial charge is 0.253 e. The molecule has 2 heterocycles. The van der Waals surface area contributed by atoms with Crippen LogP contribution < -0.4 is 0 Å². The highest BCUT2D eigenvalue weighted by Crippen LogP contribution is 2.49. The molecule has 1 amide bonds. The zero-order valence-corrected chi connectivity index (χ0v) is 15.9. The Bertz CT molecular complexity index is 842. The lowest BCUT2D eigenvalue weighted by atomic mass is 9.58. The Kier molecular flexibility index (Phi) is 4.56. The number of aliphatic hydroxyl groups excluding tert-OH is 2. The summed E-state index contributed by atoms with van der Waals surface area (Å²) >= 11 is 0. The van der Waals surface area contributed by atoms with Crippen LogP contribution in [-0.2, 0) is 6.54 Å². The normalized spacial score (nSPS) is 24.1. The maximum Gasteiger partial charge on any atom is 0.253 e. The molecule has 1 spiro atoms. The first-order valence-electron chi connectivity index (χ1n) is 9.64. The molecule has 6 nitrogen and oxygen atoms in total. The van der Waals surface area contributed by atoms with Gasteiger partial charge in [0.2, 0.25) is 0 Å². The van der Waals surface area contributed by atoms with Crippen LogP contribution >= 0.6 is 0 Å². The van der Waals surface area contributed by atoms with E-state index in [-0.39, 0.29) is 5.91 Å². The van der Waals surface area contributed by atoms with Gasteiger partial charge in [0.1, 0.15) is 0 Å². The van der Waals surface area contributed by atoms with Crippen molar-refractivity contribution >= 4 is 5.91 Å². The SMILES string of the molecule is Cc1cc(C)n(Cc2cccc(C(=O)N3CCC4(CC3)[C@H](O)C[C@@H]4O)c2)n1. The van der Waals surface area contributed by atoms with Gasteiger partial charge in [-0.2, -0.15) is 5.10 Å². The number of carbonyl (C=O) groups excluding carboxylic acids is 1. The second kappa shape index (κ2) is 6.77. The number of aromatic nitrogens is 2. The van der Waals surface area contributed by atoms with Gasteiger partial charge in [-0.15, -0.1) is 0 Å². The first-order chi connectivity index (χ1) is 12.9. The van der Waals surface area contributed by atoms with Crippen LogP contribution in [0.5, 0.6) is 0 Å². The number of amides is 1. The number of aliphatic hydroxyl groups is 2. The molecule has 2 atom stereocenters. The highest BCUT2D eigenvalue weighted by Gasteiger charge is 2.55. The predicted octanol–water partition coefficient (Wildman–Crippen LogP) is 1.90.